The summed E-state index contributed by atoms with van der Waals surface area (Å²) < 4.78 is 0. The van der Waals surface area contributed by atoms with E-state index in [4.69, 9.17) is 16.7 Å². The summed E-state index contributed by atoms with van der Waals surface area (Å²) in [6.07, 6.45) is 1.56. The van der Waals surface area contributed by atoms with E-state index in [1.54, 1.807) is 18.3 Å². The first-order valence-electron chi connectivity index (χ1n) is 3.15. The van der Waals surface area contributed by atoms with Crippen LogP contribution in [0.2, 0.25) is 5.15 Å². The Bertz CT molecular complexity index is 292. The Morgan fingerprint density at radius 1 is 1.75 bits per heavy atom. The third-order valence-corrected chi connectivity index (χ3v) is 2.52. The lowest BCUT2D eigenvalue weighted by Crippen LogP contribution is -1.97. The zero-order chi connectivity index (χ0) is 8.97. The number of hydrogen-bond donors (Lipinski definition) is 1. The number of carbonyl (C=O) groups is 1. The highest BCUT2D eigenvalue weighted by Crippen LogP contribution is 2.23. The summed E-state index contributed by atoms with van der Waals surface area (Å²) in [6, 6.07) is 3.46. The number of halogens is 1. The van der Waals surface area contributed by atoms with Gasteiger partial charge in [-0.15, -0.1) is 11.8 Å². The summed E-state index contributed by atoms with van der Waals surface area (Å²) in [6.45, 7) is 0. The Morgan fingerprint density at radius 2 is 2.50 bits per heavy atom. The van der Waals surface area contributed by atoms with Gasteiger partial charge < -0.3 is 5.11 Å². The molecule has 0 aromatic carbocycles. The molecule has 1 heterocycles. The van der Waals surface area contributed by atoms with Crippen molar-refractivity contribution in [3.05, 3.63) is 23.5 Å². The topological polar surface area (TPSA) is 50.2 Å². The van der Waals surface area contributed by atoms with Crippen LogP contribution in [0.25, 0.3) is 0 Å². The number of carboxylic acid groups (broad SMARTS) is 1. The summed E-state index contributed by atoms with van der Waals surface area (Å²) in [5.74, 6) is -0.856. The van der Waals surface area contributed by atoms with E-state index in [9.17, 15) is 4.79 Å². The van der Waals surface area contributed by atoms with E-state index in [0.717, 1.165) is 11.8 Å². The van der Waals surface area contributed by atoms with Crippen molar-refractivity contribution >= 4 is 29.3 Å². The maximum absolute atomic E-state index is 10.2. The number of nitrogens with zero attached hydrogens (tertiary/aromatic N) is 1. The zero-order valence-corrected chi connectivity index (χ0v) is 7.60. The van der Waals surface area contributed by atoms with Crippen molar-refractivity contribution in [3.8, 4) is 0 Å². The average Bonchev–Trinajstić information content (AvgIpc) is 2.03. The molecule has 0 saturated carbocycles. The van der Waals surface area contributed by atoms with Crippen LogP contribution in [0.15, 0.2) is 23.2 Å². The molecule has 0 aliphatic heterocycles. The van der Waals surface area contributed by atoms with E-state index < -0.39 is 5.97 Å². The van der Waals surface area contributed by atoms with Crippen LogP contribution in [0.3, 0.4) is 0 Å². The smallest absolute Gasteiger partial charge is 0.313 e. The molecule has 0 amide bonds. The van der Waals surface area contributed by atoms with E-state index in [-0.39, 0.29) is 5.75 Å². The van der Waals surface area contributed by atoms with Gasteiger partial charge in [-0.3, -0.25) is 4.79 Å². The van der Waals surface area contributed by atoms with Gasteiger partial charge in [-0.05, 0) is 12.1 Å². The molecule has 1 rings (SSSR count). The second-order valence-electron chi connectivity index (χ2n) is 1.97. The van der Waals surface area contributed by atoms with Crippen molar-refractivity contribution in [2.24, 2.45) is 0 Å². The Morgan fingerprint density at radius 3 is 3.08 bits per heavy atom. The van der Waals surface area contributed by atoms with Gasteiger partial charge in [0.1, 0.15) is 5.15 Å². The van der Waals surface area contributed by atoms with Crippen LogP contribution in [0.5, 0.6) is 0 Å². The standard InChI is InChI=1S/C7H6ClNO2S/c8-7-5(2-1-3-9-7)12-4-6(10)11/h1-3H,4H2,(H,10,11). The third kappa shape index (κ3) is 2.71. The SMILES string of the molecule is O=C(O)CSc1cccnc1Cl. The molecule has 0 atom stereocenters. The van der Waals surface area contributed by atoms with E-state index in [0.29, 0.717) is 10.0 Å². The molecular weight excluding hydrogens is 198 g/mol. The highest BCUT2D eigenvalue weighted by atomic mass is 35.5. The molecule has 0 fully saturated rings. The van der Waals surface area contributed by atoms with Gasteiger partial charge in [0, 0.05) is 11.1 Å². The fourth-order valence-corrected chi connectivity index (χ4v) is 1.53. The molecule has 0 saturated heterocycles. The van der Waals surface area contributed by atoms with Crippen LogP contribution in [0, 0.1) is 0 Å². The first-order valence-corrected chi connectivity index (χ1v) is 4.51. The number of aliphatic carboxylic acids is 1. The summed E-state index contributed by atoms with van der Waals surface area (Å²) in [7, 11) is 0. The Hall–Kier alpha value is -0.740. The lowest BCUT2D eigenvalue weighted by atomic mass is 10.5. The minimum Gasteiger partial charge on any atom is -0.481 e. The maximum atomic E-state index is 10.2. The van der Waals surface area contributed by atoms with E-state index in [1.807, 2.05) is 0 Å². The highest BCUT2D eigenvalue weighted by molar-refractivity contribution is 8.00. The fraction of sp³-hybridized carbons (Fsp3) is 0.143. The molecule has 0 aliphatic carbocycles. The van der Waals surface area contributed by atoms with Gasteiger partial charge in [0.2, 0.25) is 0 Å². The minimum atomic E-state index is -0.861. The number of carboxylic acids is 1. The predicted octanol–water partition coefficient (Wildman–Crippen LogP) is 1.91. The van der Waals surface area contributed by atoms with Crippen LogP contribution in [-0.4, -0.2) is 21.8 Å². The third-order valence-electron chi connectivity index (χ3n) is 1.08. The van der Waals surface area contributed by atoms with Crippen LogP contribution in [0.1, 0.15) is 0 Å². The molecule has 0 radical (unpaired) electrons. The van der Waals surface area contributed by atoms with Crippen molar-refractivity contribution in [2.45, 2.75) is 4.90 Å². The molecule has 5 heteroatoms. The van der Waals surface area contributed by atoms with Crippen LogP contribution >= 0.6 is 23.4 Å². The normalized spacial score (nSPS) is 9.75. The van der Waals surface area contributed by atoms with Gasteiger partial charge in [-0.25, -0.2) is 4.98 Å². The van der Waals surface area contributed by atoms with Crippen LogP contribution < -0.4 is 0 Å². The molecular formula is C7H6ClNO2S. The summed E-state index contributed by atoms with van der Waals surface area (Å²) in [4.78, 5) is 14.7. The lowest BCUT2D eigenvalue weighted by Gasteiger charge is -1.98. The Kier molecular flexibility index (Phi) is 3.37. The van der Waals surface area contributed by atoms with Crippen LogP contribution in [0.4, 0.5) is 0 Å². The number of thioether (sulfide) groups is 1. The van der Waals surface area contributed by atoms with Gasteiger partial charge in [0.25, 0.3) is 0 Å². The molecule has 1 aromatic heterocycles. The van der Waals surface area contributed by atoms with Crippen molar-refractivity contribution < 1.29 is 9.90 Å². The van der Waals surface area contributed by atoms with Gasteiger partial charge in [-0.1, -0.05) is 11.6 Å². The van der Waals surface area contributed by atoms with Crippen molar-refractivity contribution in [1.82, 2.24) is 4.98 Å². The number of pyridine rings is 1. The maximum Gasteiger partial charge on any atom is 0.313 e. The molecule has 64 valence electrons. The summed E-state index contributed by atoms with van der Waals surface area (Å²) in [5.41, 5.74) is 0. The van der Waals surface area contributed by atoms with E-state index in [2.05, 4.69) is 4.98 Å². The van der Waals surface area contributed by atoms with Gasteiger partial charge >= 0.3 is 5.97 Å². The molecule has 1 aromatic rings. The summed E-state index contributed by atoms with van der Waals surface area (Å²) >= 11 is 6.84. The predicted molar refractivity (Wildman–Crippen MR) is 47.6 cm³/mol. The molecule has 0 aliphatic rings. The molecule has 12 heavy (non-hydrogen) atoms. The van der Waals surface area contributed by atoms with Gasteiger partial charge in [0.05, 0.1) is 5.75 Å². The van der Waals surface area contributed by atoms with Gasteiger partial charge in [-0.2, -0.15) is 0 Å². The quantitative estimate of drug-likeness (QED) is 0.602. The van der Waals surface area contributed by atoms with E-state index >= 15 is 0 Å². The number of rotatable bonds is 3. The molecule has 3 nitrogen and oxygen atoms in total. The highest BCUT2D eigenvalue weighted by Gasteiger charge is 2.03. The Labute approximate surface area is 78.8 Å². The first kappa shape index (κ1) is 9.35. The van der Waals surface area contributed by atoms with Crippen molar-refractivity contribution in [3.63, 3.8) is 0 Å². The first-order chi connectivity index (χ1) is 5.70. The fourth-order valence-electron chi connectivity index (χ4n) is 0.618. The number of hydrogen-bond acceptors (Lipinski definition) is 3. The van der Waals surface area contributed by atoms with Gasteiger partial charge in [0.15, 0.2) is 0 Å². The molecule has 1 N–H and O–H groups in total. The minimum absolute atomic E-state index is 0.00537. The largest absolute Gasteiger partial charge is 0.481 e. The molecule has 0 bridgehead atoms. The molecule has 0 unspecified atom stereocenters. The second-order valence-corrected chi connectivity index (χ2v) is 3.35. The van der Waals surface area contributed by atoms with E-state index in [1.165, 1.54) is 0 Å². The molecule has 0 spiro atoms. The monoisotopic (exact) mass is 203 g/mol. The zero-order valence-electron chi connectivity index (χ0n) is 6.03. The Balaban J connectivity index is 2.63. The number of aromatic nitrogens is 1. The summed E-state index contributed by atoms with van der Waals surface area (Å²) in [5, 5.41) is 8.73. The lowest BCUT2D eigenvalue weighted by molar-refractivity contribution is -0.133. The van der Waals surface area contributed by atoms with Crippen LogP contribution in [-0.2, 0) is 4.79 Å². The van der Waals surface area contributed by atoms with Crippen molar-refractivity contribution in [1.29, 1.82) is 0 Å². The average molecular weight is 204 g/mol. The van der Waals surface area contributed by atoms with Crippen molar-refractivity contribution in [2.75, 3.05) is 5.75 Å². The second kappa shape index (κ2) is 4.33.